The summed E-state index contributed by atoms with van der Waals surface area (Å²) < 4.78 is 48.8. The van der Waals surface area contributed by atoms with Gasteiger partial charge in [-0.15, -0.1) is 0 Å². The molecule has 0 saturated heterocycles. The fraction of sp³-hybridized carbons (Fsp3) is 0.259. The number of carboxylic acids is 1. The topological polar surface area (TPSA) is 64.4 Å². The van der Waals surface area contributed by atoms with Gasteiger partial charge in [-0.25, -0.2) is 22.9 Å². The van der Waals surface area contributed by atoms with Gasteiger partial charge >= 0.3 is 5.97 Å². The summed E-state index contributed by atoms with van der Waals surface area (Å²) in [5.41, 5.74) is 1.89. The van der Waals surface area contributed by atoms with Gasteiger partial charge in [0.25, 0.3) is 0 Å². The Morgan fingerprint density at radius 2 is 1.78 bits per heavy atom. The average molecular weight is 517 g/mol. The molecule has 1 atom stereocenters. The van der Waals surface area contributed by atoms with Gasteiger partial charge in [0.1, 0.15) is 11.5 Å². The number of fused-ring (bicyclic) bond motifs is 1. The molecule has 0 amide bonds. The molecular formula is C27H24ClF3N2O3. The van der Waals surface area contributed by atoms with Crippen LogP contribution >= 0.6 is 11.6 Å². The Morgan fingerprint density at radius 3 is 2.39 bits per heavy atom. The second-order valence-electron chi connectivity index (χ2n) is 9.49. The van der Waals surface area contributed by atoms with Crippen LogP contribution in [0, 0.1) is 24.4 Å². The van der Waals surface area contributed by atoms with Crippen LogP contribution in [-0.4, -0.2) is 26.2 Å². The summed E-state index contributed by atoms with van der Waals surface area (Å²) in [5, 5.41) is 10.5. The zero-order chi connectivity index (χ0) is 26.4. The van der Waals surface area contributed by atoms with Gasteiger partial charge in [-0.1, -0.05) is 23.7 Å². The van der Waals surface area contributed by atoms with Crippen LogP contribution in [0.2, 0.25) is 5.02 Å². The minimum atomic E-state index is -1.37. The number of hydrogen-bond acceptors (Lipinski definition) is 3. The maximum absolute atomic E-state index is 14.0. The lowest BCUT2D eigenvalue weighted by atomic mass is 9.92. The molecule has 9 heteroatoms. The van der Waals surface area contributed by atoms with Crippen molar-refractivity contribution in [3.8, 4) is 11.1 Å². The van der Waals surface area contributed by atoms with E-state index in [-0.39, 0.29) is 11.6 Å². The fourth-order valence-corrected chi connectivity index (χ4v) is 4.34. The number of carbonyl (C=O) groups is 1. The molecule has 1 N–H and O–H groups in total. The predicted octanol–water partition coefficient (Wildman–Crippen LogP) is 7.07. The van der Waals surface area contributed by atoms with Crippen molar-refractivity contribution in [1.29, 1.82) is 0 Å². The van der Waals surface area contributed by atoms with E-state index in [1.54, 1.807) is 44.5 Å². The molecule has 2 heterocycles. The zero-order valence-corrected chi connectivity index (χ0v) is 20.8. The van der Waals surface area contributed by atoms with Crippen LogP contribution in [0.5, 0.6) is 0 Å². The number of hydrogen-bond donors (Lipinski definition) is 1. The van der Waals surface area contributed by atoms with Crippen LogP contribution in [0.3, 0.4) is 0 Å². The van der Waals surface area contributed by atoms with E-state index in [0.29, 0.717) is 39.0 Å². The number of aromatic nitrogens is 2. The van der Waals surface area contributed by atoms with E-state index >= 15 is 0 Å². The standard InChI is InChI=1S/C27H24ClF3N2O3/c1-14-22(24(26(34)35)36-27(2,3)4)23(16-6-8-19(29)18(28)12-16)17-9-10-33(25(17)32-14)13-15-5-7-20(30)21(31)11-15/h5-12,24H,13H2,1-4H3,(H,34,35)/t24-/m0/s1. The molecule has 0 fully saturated rings. The molecule has 2 aromatic carbocycles. The van der Waals surface area contributed by atoms with Gasteiger partial charge in [-0.2, -0.15) is 0 Å². The Balaban J connectivity index is 1.98. The van der Waals surface area contributed by atoms with Crippen molar-refractivity contribution in [1.82, 2.24) is 9.55 Å². The lowest BCUT2D eigenvalue weighted by Crippen LogP contribution is -2.28. The third-order valence-corrected chi connectivity index (χ3v) is 5.93. The first-order valence-electron chi connectivity index (χ1n) is 11.1. The van der Waals surface area contributed by atoms with Crippen molar-refractivity contribution in [2.45, 2.75) is 45.9 Å². The molecule has 0 unspecified atom stereocenters. The van der Waals surface area contributed by atoms with Gasteiger partial charge < -0.3 is 14.4 Å². The fourth-order valence-electron chi connectivity index (χ4n) is 4.16. The van der Waals surface area contributed by atoms with Gasteiger partial charge in [-0.3, -0.25) is 0 Å². The predicted molar refractivity (Wildman–Crippen MR) is 132 cm³/mol. The third-order valence-electron chi connectivity index (χ3n) is 5.64. The molecular weight excluding hydrogens is 493 g/mol. The average Bonchev–Trinajstić information content (AvgIpc) is 3.17. The summed E-state index contributed by atoms with van der Waals surface area (Å²) in [7, 11) is 0. The highest BCUT2D eigenvalue weighted by molar-refractivity contribution is 6.31. The third kappa shape index (κ3) is 5.10. The minimum Gasteiger partial charge on any atom is -0.479 e. The van der Waals surface area contributed by atoms with Crippen LogP contribution in [0.25, 0.3) is 22.2 Å². The van der Waals surface area contributed by atoms with Crippen molar-refractivity contribution in [3.63, 3.8) is 0 Å². The summed E-state index contributed by atoms with van der Waals surface area (Å²) in [4.78, 5) is 17.0. The lowest BCUT2D eigenvalue weighted by molar-refractivity contribution is -0.160. The molecule has 4 aromatic rings. The minimum absolute atomic E-state index is 0.120. The smallest absolute Gasteiger partial charge is 0.337 e. The molecule has 0 bridgehead atoms. The SMILES string of the molecule is Cc1nc2c(ccn2Cc2ccc(F)c(F)c2)c(-c2ccc(F)c(Cl)c2)c1[C@H](OC(C)(C)C)C(=O)O. The van der Waals surface area contributed by atoms with Gasteiger partial charge in [0, 0.05) is 34.9 Å². The Labute approximate surface area is 211 Å². The second-order valence-corrected chi connectivity index (χ2v) is 9.90. The van der Waals surface area contributed by atoms with E-state index in [4.69, 9.17) is 16.3 Å². The number of ether oxygens (including phenoxy) is 1. The molecule has 0 saturated carbocycles. The molecule has 0 aliphatic rings. The normalized spacial score (nSPS) is 12.8. The molecule has 2 aromatic heterocycles. The molecule has 4 rings (SSSR count). The van der Waals surface area contributed by atoms with Crippen LogP contribution in [0.15, 0.2) is 48.7 Å². The number of benzene rings is 2. The van der Waals surface area contributed by atoms with Crippen LogP contribution in [-0.2, 0) is 16.1 Å². The Hall–Kier alpha value is -3.36. The number of nitrogens with zero attached hydrogens (tertiary/aromatic N) is 2. The number of carboxylic acid groups (broad SMARTS) is 1. The van der Waals surface area contributed by atoms with Gasteiger partial charge in [0.05, 0.1) is 10.6 Å². The molecule has 0 spiro atoms. The van der Waals surface area contributed by atoms with Crippen molar-refractivity contribution in [2.75, 3.05) is 0 Å². The highest BCUT2D eigenvalue weighted by atomic mass is 35.5. The van der Waals surface area contributed by atoms with Crippen molar-refractivity contribution in [3.05, 3.63) is 88.0 Å². The molecule has 188 valence electrons. The Bertz CT molecular complexity index is 1480. The number of halogens is 4. The van der Waals surface area contributed by atoms with Crippen LogP contribution in [0.1, 0.15) is 43.7 Å². The van der Waals surface area contributed by atoms with Gasteiger partial charge in [0.2, 0.25) is 0 Å². The first-order chi connectivity index (χ1) is 16.9. The van der Waals surface area contributed by atoms with E-state index in [9.17, 15) is 23.1 Å². The molecule has 0 radical (unpaired) electrons. The lowest BCUT2D eigenvalue weighted by Gasteiger charge is -2.28. The van der Waals surface area contributed by atoms with E-state index in [0.717, 1.165) is 12.1 Å². The Morgan fingerprint density at radius 1 is 1.08 bits per heavy atom. The highest BCUT2D eigenvalue weighted by Crippen LogP contribution is 2.40. The van der Waals surface area contributed by atoms with Gasteiger partial charge in [-0.05, 0) is 69.2 Å². The summed E-state index contributed by atoms with van der Waals surface area (Å²) in [6.07, 6.45) is 0.354. The highest BCUT2D eigenvalue weighted by Gasteiger charge is 2.33. The molecule has 36 heavy (non-hydrogen) atoms. The van der Waals surface area contributed by atoms with Crippen molar-refractivity contribution < 1.29 is 27.8 Å². The first-order valence-corrected chi connectivity index (χ1v) is 11.5. The molecule has 0 aliphatic heterocycles. The van der Waals surface area contributed by atoms with E-state index in [1.165, 1.54) is 24.3 Å². The molecule has 5 nitrogen and oxygen atoms in total. The van der Waals surface area contributed by atoms with E-state index < -0.39 is 35.1 Å². The van der Waals surface area contributed by atoms with Crippen LogP contribution in [0.4, 0.5) is 13.2 Å². The van der Waals surface area contributed by atoms with Crippen molar-refractivity contribution in [2.24, 2.45) is 0 Å². The summed E-state index contributed by atoms with van der Waals surface area (Å²) in [5.74, 6) is -3.71. The summed E-state index contributed by atoms with van der Waals surface area (Å²) >= 11 is 6.09. The quantitative estimate of drug-likeness (QED) is 0.297. The summed E-state index contributed by atoms with van der Waals surface area (Å²) in [6.45, 7) is 7.10. The second kappa shape index (κ2) is 9.59. The van der Waals surface area contributed by atoms with E-state index in [1.807, 2.05) is 0 Å². The number of aryl methyl sites for hydroxylation is 1. The zero-order valence-electron chi connectivity index (χ0n) is 20.1. The Kier molecular flexibility index (Phi) is 6.86. The van der Waals surface area contributed by atoms with Crippen molar-refractivity contribution >= 4 is 28.6 Å². The maximum atomic E-state index is 14.0. The number of rotatable bonds is 6. The first kappa shape index (κ1) is 25.7. The number of pyridine rings is 1. The van der Waals surface area contributed by atoms with Gasteiger partial charge in [0.15, 0.2) is 17.7 Å². The van der Waals surface area contributed by atoms with Crippen LogP contribution < -0.4 is 0 Å². The monoisotopic (exact) mass is 516 g/mol. The summed E-state index contributed by atoms with van der Waals surface area (Å²) in [6, 6.07) is 9.54. The maximum Gasteiger partial charge on any atom is 0.337 e. The largest absolute Gasteiger partial charge is 0.479 e. The number of aliphatic carboxylic acids is 1. The van der Waals surface area contributed by atoms with E-state index in [2.05, 4.69) is 4.98 Å². The molecule has 0 aliphatic carbocycles.